The van der Waals surface area contributed by atoms with Crippen molar-refractivity contribution in [2.75, 3.05) is 19.6 Å². The van der Waals surface area contributed by atoms with Crippen LogP contribution in [-0.4, -0.2) is 35.6 Å². The van der Waals surface area contributed by atoms with Crippen LogP contribution in [-0.2, 0) is 4.79 Å². The molecule has 0 aromatic carbocycles. The smallest absolute Gasteiger partial charge is 0.304 e. The summed E-state index contributed by atoms with van der Waals surface area (Å²) in [6.07, 6.45) is 1.35. The second-order valence-corrected chi connectivity index (χ2v) is 3.84. The third-order valence-corrected chi connectivity index (χ3v) is 1.81. The van der Waals surface area contributed by atoms with Gasteiger partial charge in [-0.25, -0.2) is 0 Å². The van der Waals surface area contributed by atoms with E-state index in [1.807, 2.05) is 0 Å². The molecule has 3 heteroatoms. The van der Waals surface area contributed by atoms with Crippen molar-refractivity contribution in [1.82, 2.24) is 4.90 Å². The molecule has 0 saturated heterocycles. The van der Waals surface area contributed by atoms with Crippen LogP contribution in [0, 0.1) is 5.92 Å². The monoisotopic (exact) mass is 187 g/mol. The van der Waals surface area contributed by atoms with Crippen LogP contribution in [0.25, 0.3) is 0 Å². The molecule has 0 spiro atoms. The summed E-state index contributed by atoms with van der Waals surface area (Å²) in [5.74, 6) is -0.0924. The van der Waals surface area contributed by atoms with Gasteiger partial charge in [-0.15, -0.1) is 0 Å². The van der Waals surface area contributed by atoms with Gasteiger partial charge in [-0.2, -0.15) is 0 Å². The highest BCUT2D eigenvalue weighted by Crippen LogP contribution is 2.00. The molecule has 0 aliphatic heterocycles. The lowest BCUT2D eigenvalue weighted by Gasteiger charge is -2.22. The molecule has 13 heavy (non-hydrogen) atoms. The van der Waals surface area contributed by atoms with Crippen LogP contribution in [0.2, 0.25) is 0 Å². The summed E-state index contributed by atoms with van der Waals surface area (Å²) < 4.78 is 0. The molecule has 1 N–H and O–H groups in total. The van der Waals surface area contributed by atoms with Crippen molar-refractivity contribution in [2.45, 2.75) is 33.6 Å². The minimum absolute atomic E-state index is 0.257. The standard InChI is InChI=1S/C10H21NO2/c1-4-6-11(8-9(2)3)7-5-10(12)13/h9H,4-8H2,1-3H3,(H,12,13). The molecule has 0 unspecified atom stereocenters. The molecule has 3 nitrogen and oxygen atoms in total. The van der Waals surface area contributed by atoms with Gasteiger partial charge in [0, 0.05) is 13.1 Å². The van der Waals surface area contributed by atoms with Crippen molar-refractivity contribution in [3.05, 3.63) is 0 Å². The van der Waals surface area contributed by atoms with Crippen LogP contribution >= 0.6 is 0 Å². The lowest BCUT2D eigenvalue weighted by atomic mass is 10.2. The number of carboxylic acids is 1. The van der Waals surface area contributed by atoms with E-state index in [9.17, 15) is 4.79 Å². The summed E-state index contributed by atoms with van der Waals surface area (Å²) in [5.41, 5.74) is 0. The highest BCUT2D eigenvalue weighted by molar-refractivity contribution is 5.66. The number of nitrogens with zero attached hydrogens (tertiary/aromatic N) is 1. The molecule has 78 valence electrons. The number of aliphatic carboxylic acids is 1. The zero-order valence-electron chi connectivity index (χ0n) is 8.92. The van der Waals surface area contributed by atoms with Crippen LogP contribution in [0.15, 0.2) is 0 Å². The predicted molar refractivity (Wildman–Crippen MR) is 53.8 cm³/mol. The Morgan fingerprint density at radius 1 is 1.38 bits per heavy atom. The highest BCUT2D eigenvalue weighted by atomic mass is 16.4. The van der Waals surface area contributed by atoms with Gasteiger partial charge in [-0.1, -0.05) is 20.8 Å². The van der Waals surface area contributed by atoms with Crippen LogP contribution in [0.1, 0.15) is 33.6 Å². The first kappa shape index (κ1) is 12.4. The van der Waals surface area contributed by atoms with Crippen molar-refractivity contribution in [1.29, 1.82) is 0 Å². The van der Waals surface area contributed by atoms with E-state index in [2.05, 4.69) is 25.7 Å². The first-order valence-corrected chi connectivity index (χ1v) is 5.00. The first-order valence-electron chi connectivity index (χ1n) is 5.00. The number of hydrogen-bond donors (Lipinski definition) is 1. The van der Waals surface area contributed by atoms with E-state index in [4.69, 9.17) is 5.11 Å². The van der Waals surface area contributed by atoms with Crippen LogP contribution in [0.5, 0.6) is 0 Å². The molecule has 0 fully saturated rings. The molecule has 0 heterocycles. The van der Waals surface area contributed by atoms with Gasteiger partial charge in [0.05, 0.1) is 6.42 Å². The average molecular weight is 187 g/mol. The summed E-state index contributed by atoms with van der Waals surface area (Å²) in [5, 5.41) is 8.54. The normalized spacial score (nSPS) is 11.2. The number of carbonyl (C=O) groups is 1. The molecular weight excluding hydrogens is 166 g/mol. The number of hydrogen-bond acceptors (Lipinski definition) is 2. The summed E-state index contributed by atoms with van der Waals surface area (Å²) in [6, 6.07) is 0. The van der Waals surface area contributed by atoms with Gasteiger partial charge in [0.1, 0.15) is 0 Å². The van der Waals surface area contributed by atoms with E-state index in [1.54, 1.807) is 0 Å². The fraction of sp³-hybridized carbons (Fsp3) is 0.900. The Kier molecular flexibility index (Phi) is 6.59. The van der Waals surface area contributed by atoms with E-state index in [0.29, 0.717) is 12.5 Å². The van der Waals surface area contributed by atoms with Gasteiger partial charge in [0.15, 0.2) is 0 Å². The summed E-state index contributed by atoms with van der Waals surface area (Å²) in [4.78, 5) is 12.6. The maximum absolute atomic E-state index is 10.4. The maximum Gasteiger partial charge on any atom is 0.304 e. The zero-order chi connectivity index (χ0) is 10.3. The van der Waals surface area contributed by atoms with Gasteiger partial charge in [0.25, 0.3) is 0 Å². The molecule has 0 amide bonds. The number of rotatable bonds is 7. The van der Waals surface area contributed by atoms with E-state index in [0.717, 1.165) is 19.5 Å². The largest absolute Gasteiger partial charge is 0.481 e. The van der Waals surface area contributed by atoms with Gasteiger partial charge < -0.3 is 10.0 Å². The molecule has 0 aromatic heterocycles. The SMILES string of the molecule is CCCN(CCC(=O)O)CC(C)C. The van der Waals surface area contributed by atoms with Crippen LogP contribution in [0.3, 0.4) is 0 Å². The quantitative estimate of drug-likeness (QED) is 0.661. The molecule has 0 saturated carbocycles. The molecule has 0 atom stereocenters. The average Bonchev–Trinajstić information content (AvgIpc) is 1.99. The Morgan fingerprint density at radius 3 is 2.38 bits per heavy atom. The van der Waals surface area contributed by atoms with Gasteiger partial charge >= 0.3 is 5.97 Å². The fourth-order valence-electron chi connectivity index (χ4n) is 1.38. The Labute approximate surface area is 80.7 Å². The first-order chi connectivity index (χ1) is 6.06. The molecule has 0 aliphatic rings. The predicted octanol–water partition coefficient (Wildman–Crippen LogP) is 1.83. The number of carboxylic acid groups (broad SMARTS) is 1. The Hall–Kier alpha value is -0.570. The maximum atomic E-state index is 10.4. The van der Waals surface area contributed by atoms with E-state index in [1.165, 1.54) is 0 Å². The molecule has 0 rings (SSSR count). The molecule has 0 radical (unpaired) electrons. The van der Waals surface area contributed by atoms with Crippen molar-refractivity contribution >= 4 is 5.97 Å². The third kappa shape index (κ3) is 7.78. The van der Waals surface area contributed by atoms with Crippen molar-refractivity contribution < 1.29 is 9.90 Å². The van der Waals surface area contributed by atoms with Gasteiger partial charge in [-0.3, -0.25) is 4.79 Å². The lowest BCUT2D eigenvalue weighted by Crippen LogP contribution is -2.30. The third-order valence-electron chi connectivity index (χ3n) is 1.81. The molecular formula is C10H21NO2. The van der Waals surface area contributed by atoms with Crippen LogP contribution < -0.4 is 0 Å². The van der Waals surface area contributed by atoms with Crippen molar-refractivity contribution in [2.24, 2.45) is 5.92 Å². The van der Waals surface area contributed by atoms with E-state index in [-0.39, 0.29) is 6.42 Å². The molecule has 0 bridgehead atoms. The Morgan fingerprint density at radius 2 is 2.00 bits per heavy atom. The topological polar surface area (TPSA) is 40.5 Å². The second kappa shape index (κ2) is 6.89. The molecule has 0 aromatic rings. The van der Waals surface area contributed by atoms with Gasteiger partial charge in [-0.05, 0) is 18.9 Å². The zero-order valence-corrected chi connectivity index (χ0v) is 8.92. The Balaban J connectivity index is 3.72. The van der Waals surface area contributed by atoms with Crippen molar-refractivity contribution in [3.8, 4) is 0 Å². The Bertz CT molecular complexity index is 146. The minimum Gasteiger partial charge on any atom is -0.481 e. The minimum atomic E-state index is -0.704. The van der Waals surface area contributed by atoms with E-state index >= 15 is 0 Å². The highest BCUT2D eigenvalue weighted by Gasteiger charge is 2.07. The summed E-state index contributed by atoms with van der Waals surface area (Å²) >= 11 is 0. The molecule has 0 aliphatic carbocycles. The summed E-state index contributed by atoms with van der Waals surface area (Å²) in [6.45, 7) is 9.12. The van der Waals surface area contributed by atoms with Crippen LogP contribution in [0.4, 0.5) is 0 Å². The van der Waals surface area contributed by atoms with Gasteiger partial charge in [0.2, 0.25) is 0 Å². The summed E-state index contributed by atoms with van der Waals surface area (Å²) in [7, 11) is 0. The lowest BCUT2D eigenvalue weighted by molar-refractivity contribution is -0.137. The fourth-order valence-corrected chi connectivity index (χ4v) is 1.38. The second-order valence-electron chi connectivity index (χ2n) is 3.84. The van der Waals surface area contributed by atoms with E-state index < -0.39 is 5.97 Å². The van der Waals surface area contributed by atoms with Crippen molar-refractivity contribution in [3.63, 3.8) is 0 Å².